The quantitative estimate of drug-likeness (QED) is 0.786. The van der Waals surface area contributed by atoms with Crippen LogP contribution in [0.5, 0.6) is 0 Å². The van der Waals surface area contributed by atoms with Crippen molar-refractivity contribution in [2.45, 2.75) is 37.7 Å². The molecule has 1 unspecified atom stereocenters. The molecular weight excluding hydrogens is 265 g/mol. The number of carbonyl (C=O) groups is 1. The second kappa shape index (κ2) is 7.23. The number of alkyl halides is 3. The number of hydrogen-bond donors (Lipinski definition) is 1. The third kappa shape index (κ3) is 5.95. The predicted octanol–water partition coefficient (Wildman–Crippen LogP) is 2.23. The summed E-state index contributed by atoms with van der Waals surface area (Å²) in [6.45, 7) is 3.42. The fourth-order valence-corrected chi connectivity index (χ4v) is 2.37. The van der Waals surface area contributed by atoms with E-state index in [0.717, 1.165) is 32.4 Å². The molecule has 1 saturated heterocycles. The third-order valence-electron chi connectivity index (χ3n) is 2.86. The molecule has 0 aromatic carbocycles. The average molecular weight is 284 g/mol. The van der Waals surface area contributed by atoms with Crippen molar-refractivity contribution in [1.82, 2.24) is 10.2 Å². The molecule has 1 atom stereocenters. The lowest BCUT2D eigenvalue weighted by atomic mass is 10.1. The summed E-state index contributed by atoms with van der Waals surface area (Å²) in [6.07, 6.45) is 3.18. The van der Waals surface area contributed by atoms with Crippen LogP contribution in [0.2, 0.25) is 0 Å². The van der Waals surface area contributed by atoms with E-state index in [9.17, 15) is 18.0 Å². The van der Waals surface area contributed by atoms with E-state index in [0.29, 0.717) is 0 Å². The van der Waals surface area contributed by atoms with E-state index in [-0.39, 0.29) is 30.0 Å². The Morgan fingerprint density at radius 1 is 1.33 bits per heavy atom. The number of rotatable bonds is 5. The molecule has 0 aromatic heterocycles. The summed E-state index contributed by atoms with van der Waals surface area (Å²) in [7, 11) is 0. The van der Waals surface area contributed by atoms with E-state index in [1.54, 1.807) is 11.8 Å². The van der Waals surface area contributed by atoms with Gasteiger partial charge in [-0.15, -0.1) is 0 Å². The molecule has 7 heteroatoms. The SMILES string of the molecule is CC(NCCSC(F)(F)F)C(=O)N1CCCCC1. The largest absolute Gasteiger partial charge is 0.441 e. The van der Waals surface area contributed by atoms with Gasteiger partial charge in [0, 0.05) is 25.4 Å². The van der Waals surface area contributed by atoms with Gasteiger partial charge in [-0.1, -0.05) is 0 Å². The molecule has 0 radical (unpaired) electrons. The molecule has 18 heavy (non-hydrogen) atoms. The van der Waals surface area contributed by atoms with Gasteiger partial charge < -0.3 is 10.2 Å². The van der Waals surface area contributed by atoms with Crippen molar-refractivity contribution in [3.05, 3.63) is 0 Å². The van der Waals surface area contributed by atoms with Crippen LogP contribution in [0.1, 0.15) is 26.2 Å². The van der Waals surface area contributed by atoms with Crippen LogP contribution in [0.4, 0.5) is 13.2 Å². The monoisotopic (exact) mass is 284 g/mol. The zero-order valence-corrected chi connectivity index (χ0v) is 11.2. The predicted molar refractivity (Wildman–Crippen MR) is 66.4 cm³/mol. The van der Waals surface area contributed by atoms with Gasteiger partial charge in [-0.25, -0.2) is 0 Å². The summed E-state index contributed by atoms with van der Waals surface area (Å²) < 4.78 is 35.7. The van der Waals surface area contributed by atoms with Gasteiger partial charge in [0.1, 0.15) is 0 Å². The summed E-state index contributed by atoms with van der Waals surface area (Å²) in [5.41, 5.74) is -4.19. The molecule has 106 valence electrons. The number of nitrogens with one attached hydrogen (secondary N) is 1. The number of piperidine rings is 1. The molecule has 0 saturated carbocycles. The van der Waals surface area contributed by atoms with E-state index in [1.807, 2.05) is 0 Å². The Kier molecular flexibility index (Phi) is 6.28. The first kappa shape index (κ1) is 15.6. The molecule has 1 rings (SSSR count). The molecule has 0 spiro atoms. The van der Waals surface area contributed by atoms with Gasteiger partial charge in [0.05, 0.1) is 6.04 Å². The smallest absolute Gasteiger partial charge is 0.341 e. The Labute approximate surface area is 109 Å². The number of likely N-dealkylation sites (tertiary alicyclic amines) is 1. The average Bonchev–Trinajstić information content (AvgIpc) is 2.33. The fourth-order valence-electron chi connectivity index (χ4n) is 1.92. The van der Waals surface area contributed by atoms with Crippen LogP contribution in [-0.4, -0.2) is 47.7 Å². The minimum Gasteiger partial charge on any atom is -0.341 e. The van der Waals surface area contributed by atoms with Crippen molar-refractivity contribution in [3.8, 4) is 0 Å². The number of thioether (sulfide) groups is 1. The molecule has 1 N–H and O–H groups in total. The Morgan fingerprint density at radius 2 is 1.94 bits per heavy atom. The second-order valence-corrected chi connectivity index (χ2v) is 5.52. The molecule has 0 bridgehead atoms. The maximum absolute atomic E-state index is 11.9. The van der Waals surface area contributed by atoms with Crippen LogP contribution in [0.3, 0.4) is 0 Å². The molecular formula is C11H19F3N2OS. The molecule has 0 aliphatic carbocycles. The maximum Gasteiger partial charge on any atom is 0.441 e. The Balaban J connectivity index is 2.19. The second-order valence-electron chi connectivity index (χ2n) is 4.36. The van der Waals surface area contributed by atoms with Gasteiger partial charge in [-0.05, 0) is 37.9 Å². The summed E-state index contributed by atoms with van der Waals surface area (Å²) in [5, 5.41) is 2.84. The number of carbonyl (C=O) groups excluding carboxylic acids is 1. The molecule has 1 heterocycles. The van der Waals surface area contributed by atoms with Gasteiger partial charge in [-0.3, -0.25) is 4.79 Å². The van der Waals surface area contributed by atoms with Gasteiger partial charge >= 0.3 is 5.51 Å². The van der Waals surface area contributed by atoms with Crippen LogP contribution in [0, 0.1) is 0 Å². The zero-order chi connectivity index (χ0) is 13.6. The van der Waals surface area contributed by atoms with E-state index in [2.05, 4.69) is 5.32 Å². The van der Waals surface area contributed by atoms with Gasteiger partial charge in [0.15, 0.2) is 0 Å². The molecule has 0 aromatic rings. The van der Waals surface area contributed by atoms with Crippen molar-refractivity contribution in [2.75, 3.05) is 25.4 Å². The normalized spacial score (nSPS) is 18.8. The zero-order valence-electron chi connectivity index (χ0n) is 10.4. The first-order valence-electron chi connectivity index (χ1n) is 6.13. The molecule has 1 fully saturated rings. The van der Waals surface area contributed by atoms with E-state index in [4.69, 9.17) is 0 Å². The topological polar surface area (TPSA) is 32.3 Å². The molecule has 1 aliphatic rings. The van der Waals surface area contributed by atoms with Crippen molar-refractivity contribution in [1.29, 1.82) is 0 Å². The Bertz CT molecular complexity index is 268. The molecule has 3 nitrogen and oxygen atoms in total. The van der Waals surface area contributed by atoms with E-state index >= 15 is 0 Å². The minimum absolute atomic E-state index is 0.00768. The van der Waals surface area contributed by atoms with E-state index < -0.39 is 11.6 Å². The van der Waals surface area contributed by atoms with Crippen molar-refractivity contribution in [2.24, 2.45) is 0 Å². The first-order chi connectivity index (χ1) is 8.40. The fraction of sp³-hybridized carbons (Fsp3) is 0.909. The van der Waals surface area contributed by atoms with Gasteiger partial charge in [0.2, 0.25) is 5.91 Å². The highest BCUT2D eigenvalue weighted by atomic mass is 32.2. The lowest BCUT2D eigenvalue weighted by Gasteiger charge is -2.29. The number of nitrogens with zero attached hydrogens (tertiary/aromatic N) is 1. The van der Waals surface area contributed by atoms with Crippen LogP contribution < -0.4 is 5.32 Å². The maximum atomic E-state index is 11.9. The lowest BCUT2D eigenvalue weighted by Crippen LogP contribution is -2.47. The molecule has 1 amide bonds. The summed E-state index contributed by atoms with van der Waals surface area (Å²) in [6, 6.07) is -0.406. The van der Waals surface area contributed by atoms with Crippen molar-refractivity contribution >= 4 is 17.7 Å². The lowest BCUT2D eigenvalue weighted by molar-refractivity contribution is -0.133. The third-order valence-corrected chi connectivity index (χ3v) is 3.59. The van der Waals surface area contributed by atoms with Crippen LogP contribution in [0.25, 0.3) is 0 Å². The van der Waals surface area contributed by atoms with Crippen molar-refractivity contribution in [3.63, 3.8) is 0 Å². The Hall–Kier alpha value is -0.430. The van der Waals surface area contributed by atoms with Crippen molar-refractivity contribution < 1.29 is 18.0 Å². The summed E-state index contributed by atoms with van der Waals surface area (Å²) in [4.78, 5) is 13.7. The number of amides is 1. The molecule has 1 aliphatic heterocycles. The highest BCUT2D eigenvalue weighted by Crippen LogP contribution is 2.29. The standard InChI is InChI=1S/C11H19F3N2OS/c1-9(15-5-8-18-11(12,13)14)10(17)16-6-3-2-4-7-16/h9,15H,2-8H2,1H3. The van der Waals surface area contributed by atoms with Crippen LogP contribution >= 0.6 is 11.8 Å². The number of halogens is 3. The minimum atomic E-state index is -4.19. The number of hydrogen-bond acceptors (Lipinski definition) is 3. The highest BCUT2D eigenvalue weighted by Gasteiger charge is 2.28. The first-order valence-corrected chi connectivity index (χ1v) is 7.11. The summed E-state index contributed by atoms with van der Waals surface area (Å²) in [5.74, 6) is -0.0760. The van der Waals surface area contributed by atoms with E-state index in [1.165, 1.54) is 0 Å². The highest BCUT2D eigenvalue weighted by molar-refractivity contribution is 8.00. The van der Waals surface area contributed by atoms with Gasteiger partial charge in [-0.2, -0.15) is 13.2 Å². The summed E-state index contributed by atoms with van der Waals surface area (Å²) >= 11 is -0.0645. The Morgan fingerprint density at radius 3 is 2.50 bits per heavy atom. The van der Waals surface area contributed by atoms with Crippen LogP contribution in [0.15, 0.2) is 0 Å². The van der Waals surface area contributed by atoms with Gasteiger partial charge in [0.25, 0.3) is 0 Å². The van der Waals surface area contributed by atoms with Crippen LogP contribution in [-0.2, 0) is 4.79 Å².